The normalized spacial score (nSPS) is 11.6. The Labute approximate surface area is 112 Å². The van der Waals surface area contributed by atoms with Crippen LogP contribution in [0.3, 0.4) is 0 Å². The van der Waals surface area contributed by atoms with Crippen molar-refractivity contribution < 1.29 is 23.1 Å². The Morgan fingerprint density at radius 3 is 2.53 bits per heavy atom. The Hall–Kier alpha value is -1.90. The molecule has 0 fully saturated rings. The fourth-order valence-electron chi connectivity index (χ4n) is 1.31. The molecule has 0 radical (unpaired) electrons. The third kappa shape index (κ3) is 2.75. The topological polar surface area (TPSA) is 68.0 Å². The lowest BCUT2D eigenvalue weighted by atomic mass is 10.3. The van der Waals surface area contributed by atoms with Crippen LogP contribution < -0.4 is 0 Å². The van der Waals surface area contributed by atoms with Crippen LogP contribution in [0.15, 0.2) is 28.9 Å². The second-order valence-corrected chi connectivity index (χ2v) is 4.30. The molecule has 9 heteroatoms. The van der Waals surface area contributed by atoms with Crippen molar-refractivity contribution in [2.75, 3.05) is 0 Å². The van der Waals surface area contributed by atoms with Gasteiger partial charge in [0.2, 0.25) is 0 Å². The zero-order valence-electron chi connectivity index (χ0n) is 9.02. The minimum atomic E-state index is -4.56. The van der Waals surface area contributed by atoms with Gasteiger partial charge in [-0.2, -0.15) is 18.3 Å². The zero-order chi connectivity index (χ0) is 14.2. The predicted octanol–water partition coefficient (Wildman–Crippen LogP) is 2.75. The molecule has 0 unspecified atom stereocenters. The smallest absolute Gasteiger partial charge is 0.435 e. The fourth-order valence-corrected chi connectivity index (χ4v) is 1.70. The fraction of sp³-hybridized carbons (Fsp3) is 0.100. The van der Waals surface area contributed by atoms with E-state index < -0.39 is 17.8 Å². The van der Waals surface area contributed by atoms with Gasteiger partial charge in [-0.25, -0.2) is 14.5 Å². The molecule has 2 rings (SSSR count). The Bertz CT molecular complexity index is 639. The number of aromatic nitrogens is 3. The summed E-state index contributed by atoms with van der Waals surface area (Å²) >= 11 is 2.99. The van der Waals surface area contributed by atoms with Gasteiger partial charge < -0.3 is 5.11 Å². The average molecular weight is 336 g/mol. The van der Waals surface area contributed by atoms with Crippen molar-refractivity contribution in [3.8, 4) is 5.82 Å². The van der Waals surface area contributed by atoms with Crippen molar-refractivity contribution in [2.24, 2.45) is 0 Å². The summed E-state index contributed by atoms with van der Waals surface area (Å²) in [6, 6.07) is 3.51. The Kier molecular flexibility index (Phi) is 3.31. The van der Waals surface area contributed by atoms with Crippen LogP contribution in [0.2, 0.25) is 0 Å². The maximum Gasteiger partial charge on any atom is 0.435 e. The van der Waals surface area contributed by atoms with Gasteiger partial charge in [0.05, 0.1) is 4.47 Å². The third-order valence-electron chi connectivity index (χ3n) is 2.15. The maximum atomic E-state index is 12.4. The number of carboxylic acid groups (broad SMARTS) is 1. The summed E-state index contributed by atoms with van der Waals surface area (Å²) in [5.74, 6) is -1.31. The number of hydrogen-bond donors (Lipinski definition) is 1. The number of aromatic carboxylic acids is 1. The van der Waals surface area contributed by atoms with Crippen molar-refractivity contribution in [1.82, 2.24) is 14.8 Å². The molecular formula is C10H5BrF3N3O2. The standard InChI is InChI=1S/C10H5BrF3N3O2/c11-5-1-2-7(15-8(5)9(18)19)17-4-3-6(16-17)10(12,13)14/h1-4H,(H,18,19). The van der Waals surface area contributed by atoms with E-state index in [9.17, 15) is 18.0 Å². The van der Waals surface area contributed by atoms with Gasteiger partial charge in [-0.1, -0.05) is 0 Å². The molecule has 2 aromatic heterocycles. The van der Waals surface area contributed by atoms with Gasteiger partial charge in [-0.05, 0) is 34.1 Å². The van der Waals surface area contributed by atoms with E-state index in [1.165, 1.54) is 12.1 Å². The summed E-state index contributed by atoms with van der Waals surface area (Å²) < 4.78 is 38.3. The highest BCUT2D eigenvalue weighted by molar-refractivity contribution is 9.10. The molecule has 2 heterocycles. The van der Waals surface area contributed by atoms with Crippen molar-refractivity contribution in [2.45, 2.75) is 6.18 Å². The first kappa shape index (κ1) is 13.5. The molecule has 0 bridgehead atoms. The molecule has 0 atom stereocenters. The van der Waals surface area contributed by atoms with Crippen LogP contribution >= 0.6 is 15.9 Å². The highest BCUT2D eigenvalue weighted by Crippen LogP contribution is 2.28. The predicted molar refractivity (Wildman–Crippen MR) is 61.0 cm³/mol. The SMILES string of the molecule is O=C(O)c1nc(-n2ccc(C(F)(F)F)n2)ccc1Br. The lowest BCUT2D eigenvalue weighted by Crippen LogP contribution is -2.09. The van der Waals surface area contributed by atoms with Gasteiger partial charge in [0.25, 0.3) is 0 Å². The number of carbonyl (C=O) groups is 1. The Morgan fingerprint density at radius 2 is 2.00 bits per heavy atom. The van der Waals surface area contributed by atoms with Crippen LogP contribution in [0.1, 0.15) is 16.2 Å². The summed E-state index contributed by atoms with van der Waals surface area (Å²) in [6.07, 6.45) is -3.50. The first-order valence-corrected chi connectivity index (χ1v) is 5.61. The number of halogens is 4. The third-order valence-corrected chi connectivity index (χ3v) is 2.79. The molecule has 2 aromatic rings. The van der Waals surface area contributed by atoms with E-state index in [2.05, 4.69) is 26.0 Å². The molecular weight excluding hydrogens is 331 g/mol. The molecule has 0 amide bonds. The minimum absolute atomic E-state index is 0.0175. The quantitative estimate of drug-likeness (QED) is 0.916. The van der Waals surface area contributed by atoms with Crippen LogP contribution in [0, 0.1) is 0 Å². The van der Waals surface area contributed by atoms with E-state index in [0.29, 0.717) is 0 Å². The second kappa shape index (κ2) is 4.65. The lowest BCUT2D eigenvalue weighted by molar-refractivity contribution is -0.141. The molecule has 0 saturated heterocycles. The summed E-state index contributed by atoms with van der Waals surface area (Å²) in [6.45, 7) is 0. The number of rotatable bonds is 2. The molecule has 1 N–H and O–H groups in total. The first-order chi connectivity index (χ1) is 8.79. The summed E-state index contributed by atoms with van der Waals surface area (Å²) in [4.78, 5) is 14.6. The number of hydrogen-bond acceptors (Lipinski definition) is 3. The van der Waals surface area contributed by atoms with E-state index in [1.807, 2.05) is 0 Å². The first-order valence-electron chi connectivity index (χ1n) is 4.82. The number of nitrogens with zero attached hydrogens (tertiary/aromatic N) is 3. The zero-order valence-corrected chi connectivity index (χ0v) is 10.6. The van der Waals surface area contributed by atoms with Crippen LogP contribution in [0.4, 0.5) is 13.2 Å². The van der Waals surface area contributed by atoms with Crippen LogP contribution in [-0.2, 0) is 6.18 Å². The van der Waals surface area contributed by atoms with E-state index >= 15 is 0 Å². The van der Waals surface area contributed by atoms with E-state index in [4.69, 9.17) is 5.11 Å². The highest BCUT2D eigenvalue weighted by atomic mass is 79.9. The molecule has 0 saturated carbocycles. The molecule has 0 spiro atoms. The van der Waals surface area contributed by atoms with Crippen molar-refractivity contribution in [3.05, 3.63) is 40.3 Å². The van der Waals surface area contributed by atoms with Gasteiger partial charge in [-0.15, -0.1) is 0 Å². The second-order valence-electron chi connectivity index (χ2n) is 3.45. The van der Waals surface area contributed by atoms with Crippen LogP contribution in [-0.4, -0.2) is 25.8 Å². The summed E-state index contributed by atoms with van der Waals surface area (Å²) in [7, 11) is 0. The number of alkyl halides is 3. The van der Waals surface area contributed by atoms with E-state index in [0.717, 1.165) is 16.9 Å². The average Bonchev–Trinajstić information content (AvgIpc) is 2.78. The van der Waals surface area contributed by atoms with Gasteiger partial charge in [0.15, 0.2) is 17.2 Å². The Balaban J connectivity index is 2.45. The maximum absolute atomic E-state index is 12.4. The van der Waals surface area contributed by atoms with Crippen molar-refractivity contribution in [1.29, 1.82) is 0 Å². The number of carboxylic acids is 1. The lowest BCUT2D eigenvalue weighted by Gasteiger charge is -2.04. The van der Waals surface area contributed by atoms with Gasteiger partial charge in [-0.3, -0.25) is 0 Å². The van der Waals surface area contributed by atoms with Crippen molar-refractivity contribution in [3.63, 3.8) is 0 Å². The minimum Gasteiger partial charge on any atom is -0.476 e. The molecule has 5 nitrogen and oxygen atoms in total. The summed E-state index contributed by atoms with van der Waals surface area (Å²) in [5, 5.41) is 12.2. The van der Waals surface area contributed by atoms with Crippen LogP contribution in [0.5, 0.6) is 0 Å². The molecule has 100 valence electrons. The van der Waals surface area contributed by atoms with Gasteiger partial charge in [0, 0.05) is 6.20 Å². The largest absolute Gasteiger partial charge is 0.476 e. The molecule has 19 heavy (non-hydrogen) atoms. The molecule has 0 aliphatic rings. The number of pyridine rings is 1. The van der Waals surface area contributed by atoms with Crippen LogP contribution in [0.25, 0.3) is 5.82 Å². The molecule has 0 aliphatic heterocycles. The van der Waals surface area contributed by atoms with Crippen molar-refractivity contribution >= 4 is 21.9 Å². The summed E-state index contributed by atoms with van der Waals surface area (Å²) in [5.41, 5.74) is -1.38. The van der Waals surface area contributed by atoms with E-state index in [1.54, 1.807) is 0 Å². The molecule has 0 aromatic carbocycles. The Morgan fingerprint density at radius 1 is 1.32 bits per heavy atom. The monoisotopic (exact) mass is 335 g/mol. The molecule has 0 aliphatic carbocycles. The van der Waals surface area contributed by atoms with E-state index in [-0.39, 0.29) is 16.0 Å². The highest BCUT2D eigenvalue weighted by Gasteiger charge is 2.33. The van der Waals surface area contributed by atoms with Gasteiger partial charge >= 0.3 is 12.1 Å². The van der Waals surface area contributed by atoms with Gasteiger partial charge in [0.1, 0.15) is 0 Å².